The van der Waals surface area contributed by atoms with Crippen LogP contribution in [0.1, 0.15) is 18.9 Å². The number of pyridine rings is 1. The van der Waals surface area contributed by atoms with Crippen molar-refractivity contribution in [3.63, 3.8) is 0 Å². The molecule has 0 aliphatic rings. The third-order valence-corrected chi connectivity index (χ3v) is 4.59. The van der Waals surface area contributed by atoms with Crippen molar-refractivity contribution in [1.82, 2.24) is 9.97 Å². The number of aromatic nitrogens is 2. The van der Waals surface area contributed by atoms with Crippen molar-refractivity contribution in [2.75, 3.05) is 0 Å². The van der Waals surface area contributed by atoms with E-state index in [0.717, 1.165) is 17.1 Å². The summed E-state index contributed by atoms with van der Waals surface area (Å²) >= 11 is 7.67. The minimum absolute atomic E-state index is 0.0549. The fraction of sp³-hybridized carbons (Fsp3) is 0.250. The Hall–Kier alpha value is -1.85. The molecule has 22 heavy (non-hydrogen) atoms. The highest BCUT2D eigenvalue weighted by Crippen LogP contribution is 2.31. The van der Waals surface area contributed by atoms with E-state index in [1.54, 1.807) is 17.4 Å². The molecule has 0 saturated heterocycles. The van der Waals surface area contributed by atoms with Crippen LogP contribution in [0.4, 0.5) is 0 Å². The second-order valence-electron chi connectivity index (χ2n) is 5.59. The van der Waals surface area contributed by atoms with Crippen molar-refractivity contribution < 1.29 is 5.11 Å². The van der Waals surface area contributed by atoms with Gasteiger partial charge in [-0.2, -0.15) is 0 Å². The second kappa shape index (κ2) is 5.74. The SMILES string of the molecule is CC(C)Cc1nc(-c2cc(=O)c3ccc(O)c(Cl)c3[nH]2)cs1. The van der Waals surface area contributed by atoms with Gasteiger partial charge in [-0.05, 0) is 18.1 Å². The van der Waals surface area contributed by atoms with Crippen molar-refractivity contribution in [3.8, 4) is 17.1 Å². The molecule has 0 radical (unpaired) electrons. The molecule has 0 aliphatic carbocycles. The van der Waals surface area contributed by atoms with E-state index in [1.807, 2.05) is 5.38 Å². The lowest BCUT2D eigenvalue weighted by Crippen LogP contribution is -2.03. The lowest BCUT2D eigenvalue weighted by atomic mass is 10.1. The number of rotatable bonds is 3. The molecular formula is C16H15ClN2O2S. The average Bonchev–Trinajstić information content (AvgIpc) is 2.90. The van der Waals surface area contributed by atoms with Crippen LogP contribution in [0.15, 0.2) is 28.4 Å². The number of nitrogens with zero attached hydrogens (tertiary/aromatic N) is 1. The Labute approximate surface area is 136 Å². The van der Waals surface area contributed by atoms with Gasteiger partial charge in [-0.1, -0.05) is 25.4 Å². The predicted octanol–water partition coefficient (Wildman–Crippen LogP) is 4.21. The van der Waals surface area contributed by atoms with Gasteiger partial charge in [0.2, 0.25) is 0 Å². The molecule has 2 N–H and O–H groups in total. The molecule has 6 heteroatoms. The normalized spacial score (nSPS) is 11.5. The van der Waals surface area contributed by atoms with E-state index in [9.17, 15) is 9.90 Å². The molecule has 0 atom stereocenters. The van der Waals surface area contributed by atoms with Gasteiger partial charge in [0.15, 0.2) is 5.43 Å². The van der Waals surface area contributed by atoms with Crippen LogP contribution < -0.4 is 5.43 Å². The van der Waals surface area contributed by atoms with Gasteiger partial charge in [-0.25, -0.2) is 4.98 Å². The average molecular weight is 335 g/mol. The summed E-state index contributed by atoms with van der Waals surface area (Å²) in [7, 11) is 0. The Morgan fingerprint density at radius 2 is 2.18 bits per heavy atom. The quantitative estimate of drug-likeness (QED) is 0.754. The number of benzene rings is 1. The highest BCUT2D eigenvalue weighted by Gasteiger charge is 2.12. The monoisotopic (exact) mass is 334 g/mol. The van der Waals surface area contributed by atoms with Crippen molar-refractivity contribution >= 4 is 33.8 Å². The molecular weight excluding hydrogens is 320 g/mol. The van der Waals surface area contributed by atoms with Crippen LogP contribution in [0.25, 0.3) is 22.3 Å². The molecule has 3 rings (SSSR count). The van der Waals surface area contributed by atoms with Crippen LogP contribution in [0.2, 0.25) is 5.02 Å². The maximum absolute atomic E-state index is 12.2. The molecule has 0 fully saturated rings. The standard InChI is InChI=1S/C16H15ClN2O2S/c1-8(2)5-14-18-11(7-22-14)10-6-13(21)9-3-4-12(20)15(17)16(9)19-10/h3-4,6-8,20H,5H2,1-2H3,(H,19,21). The minimum atomic E-state index is -0.149. The van der Waals surface area contributed by atoms with Crippen molar-refractivity contribution in [3.05, 3.63) is 43.8 Å². The number of phenolic OH excluding ortho intramolecular Hbond substituents is 1. The summed E-state index contributed by atoms with van der Waals surface area (Å²) in [4.78, 5) is 19.9. The van der Waals surface area contributed by atoms with Crippen molar-refractivity contribution in [2.24, 2.45) is 5.92 Å². The summed E-state index contributed by atoms with van der Waals surface area (Å²) in [5, 5.41) is 13.3. The van der Waals surface area contributed by atoms with E-state index in [0.29, 0.717) is 22.5 Å². The first-order chi connectivity index (χ1) is 10.5. The molecule has 0 saturated carbocycles. The van der Waals surface area contributed by atoms with Gasteiger partial charge in [0.25, 0.3) is 0 Å². The molecule has 0 aliphatic heterocycles. The zero-order valence-corrected chi connectivity index (χ0v) is 13.8. The van der Waals surface area contributed by atoms with Gasteiger partial charge < -0.3 is 10.1 Å². The van der Waals surface area contributed by atoms with Gasteiger partial charge >= 0.3 is 0 Å². The van der Waals surface area contributed by atoms with E-state index in [1.165, 1.54) is 12.1 Å². The number of hydrogen-bond acceptors (Lipinski definition) is 4. The largest absolute Gasteiger partial charge is 0.506 e. The highest BCUT2D eigenvalue weighted by molar-refractivity contribution is 7.09. The molecule has 0 amide bonds. The van der Waals surface area contributed by atoms with Gasteiger partial charge in [-0.15, -0.1) is 11.3 Å². The molecule has 1 aromatic carbocycles. The zero-order chi connectivity index (χ0) is 15.9. The van der Waals surface area contributed by atoms with E-state index in [-0.39, 0.29) is 16.2 Å². The first kappa shape index (κ1) is 15.1. The number of nitrogens with one attached hydrogen (secondary N) is 1. The van der Waals surface area contributed by atoms with E-state index in [2.05, 4.69) is 23.8 Å². The first-order valence-corrected chi connectivity index (χ1v) is 8.20. The van der Waals surface area contributed by atoms with Crippen LogP contribution in [0.3, 0.4) is 0 Å². The smallest absolute Gasteiger partial charge is 0.190 e. The number of aromatic hydroxyl groups is 1. The van der Waals surface area contributed by atoms with Crippen molar-refractivity contribution in [2.45, 2.75) is 20.3 Å². The summed E-state index contributed by atoms with van der Waals surface area (Å²) in [5.74, 6) is 0.474. The maximum atomic E-state index is 12.2. The van der Waals surface area contributed by atoms with Gasteiger partial charge in [0.05, 0.1) is 21.9 Å². The Balaban J connectivity index is 2.13. The fourth-order valence-corrected chi connectivity index (χ4v) is 3.51. The lowest BCUT2D eigenvalue weighted by molar-refractivity contribution is 0.476. The summed E-state index contributed by atoms with van der Waals surface area (Å²) in [5.41, 5.74) is 1.61. The van der Waals surface area contributed by atoms with Crippen LogP contribution in [-0.4, -0.2) is 15.1 Å². The highest BCUT2D eigenvalue weighted by atomic mass is 35.5. The van der Waals surface area contributed by atoms with E-state index < -0.39 is 0 Å². The molecule has 0 bridgehead atoms. The molecule has 114 valence electrons. The van der Waals surface area contributed by atoms with E-state index >= 15 is 0 Å². The zero-order valence-electron chi connectivity index (χ0n) is 12.2. The molecule has 0 spiro atoms. The molecule has 0 unspecified atom stereocenters. The molecule has 2 heterocycles. The number of phenols is 1. The third-order valence-electron chi connectivity index (χ3n) is 3.33. The number of fused-ring (bicyclic) bond motifs is 1. The van der Waals surface area contributed by atoms with Crippen LogP contribution in [0, 0.1) is 5.92 Å². The third kappa shape index (κ3) is 2.74. The summed E-state index contributed by atoms with van der Waals surface area (Å²) in [6, 6.07) is 4.50. The Morgan fingerprint density at radius 1 is 1.41 bits per heavy atom. The summed E-state index contributed by atoms with van der Waals surface area (Å²) in [6.07, 6.45) is 0.907. The number of thiazole rings is 1. The topological polar surface area (TPSA) is 66.0 Å². The van der Waals surface area contributed by atoms with Crippen LogP contribution in [0.5, 0.6) is 5.75 Å². The number of hydrogen-bond donors (Lipinski definition) is 2. The summed E-state index contributed by atoms with van der Waals surface area (Å²) < 4.78 is 0. The lowest BCUT2D eigenvalue weighted by Gasteiger charge is -2.05. The molecule has 2 aromatic heterocycles. The van der Waals surface area contributed by atoms with Gasteiger partial charge in [-0.3, -0.25) is 4.79 Å². The maximum Gasteiger partial charge on any atom is 0.190 e. The molecule has 4 nitrogen and oxygen atoms in total. The molecule has 3 aromatic rings. The Morgan fingerprint density at radius 3 is 2.91 bits per heavy atom. The Bertz CT molecular complexity index is 899. The minimum Gasteiger partial charge on any atom is -0.506 e. The fourth-order valence-electron chi connectivity index (χ4n) is 2.29. The number of H-pyrrole nitrogens is 1. The second-order valence-corrected chi connectivity index (χ2v) is 6.91. The van der Waals surface area contributed by atoms with E-state index in [4.69, 9.17) is 11.6 Å². The Kier molecular flexibility index (Phi) is 3.93. The number of aromatic amines is 1. The summed E-state index contributed by atoms with van der Waals surface area (Å²) in [6.45, 7) is 4.28. The predicted molar refractivity (Wildman–Crippen MR) is 90.9 cm³/mol. The number of halogens is 1. The van der Waals surface area contributed by atoms with Crippen LogP contribution >= 0.6 is 22.9 Å². The van der Waals surface area contributed by atoms with Crippen molar-refractivity contribution in [1.29, 1.82) is 0 Å². The van der Waals surface area contributed by atoms with Crippen LogP contribution in [-0.2, 0) is 6.42 Å². The first-order valence-electron chi connectivity index (χ1n) is 6.95. The van der Waals surface area contributed by atoms with Gasteiger partial charge in [0, 0.05) is 23.3 Å². The van der Waals surface area contributed by atoms with Gasteiger partial charge in [0.1, 0.15) is 10.8 Å².